The van der Waals surface area contributed by atoms with Gasteiger partial charge in [-0.05, 0) is 36.7 Å². The second kappa shape index (κ2) is 11.4. The molecule has 0 aliphatic carbocycles. The molecule has 0 unspecified atom stereocenters. The number of rotatable bonds is 10. The molecular weight excluding hydrogens is 429 g/mol. The molecule has 7 nitrogen and oxygen atoms in total. The van der Waals surface area contributed by atoms with Gasteiger partial charge in [-0.1, -0.05) is 60.2 Å². The van der Waals surface area contributed by atoms with Crippen LogP contribution in [-0.2, 0) is 24.4 Å². The van der Waals surface area contributed by atoms with E-state index in [9.17, 15) is 14.0 Å². The molecule has 3 rings (SSSR count). The number of hydrogen-bond donors (Lipinski definition) is 2. The molecule has 2 aromatic carbocycles. The largest absolute Gasteiger partial charge is 0.351 e. The highest BCUT2D eigenvalue weighted by Crippen LogP contribution is 2.13. The SMILES string of the molecule is CCN(CC(=O)NCc1ccc(F)cc1)Cc1nnc(C(=O)NCc2ccc(C)cc2)s1. The van der Waals surface area contributed by atoms with Gasteiger partial charge >= 0.3 is 0 Å². The number of benzene rings is 2. The Balaban J connectivity index is 1.46. The molecule has 32 heavy (non-hydrogen) atoms. The summed E-state index contributed by atoms with van der Waals surface area (Å²) in [4.78, 5) is 26.6. The number of carbonyl (C=O) groups is 2. The average Bonchev–Trinajstić information content (AvgIpc) is 3.26. The number of carbonyl (C=O) groups excluding carboxylic acids is 2. The molecule has 1 heterocycles. The summed E-state index contributed by atoms with van der Waals surface area (Å²) in [5.41, 5.74) is 3.00. The first-order chi connectivity index (χ1) is 15.4. The van der Waals surface area contributed by atoms with Crippen molar-refractivity contribution in [2.45, 2.75) is 33.5 Å². The molecule has 2 N–H and O–H groups in total. The predicted molar refractivity (Wildman–Crippen MR) is 121 cm³/mol. The van der Waals surface area contributed by atoms with Crippen LogP contribution in [0, 0.1) is 12.7 Å². The van der Waals surface area contributed by atoms with Crippen LogP contribution in [0.5, 0.6) is 0 Å². The van der Waals surface area contributed by atoms with Gasteiger partial charge in [0.2, 0.25) is 10.9 Å². The fourth-order valence-electron chi connectivity index (χ4n) is 2.91. The Labute approximate surface area is 190 Å². The van der Waals surface area contributed by atoms with E-state index in [0.29, 0.717) is 36.2 Å². The summed E-state index contributed by atoms with van der Waals surface area (Å²) >= 11 is 1.22. The summed E-state index contributed by atoms with van der Waals surface area (Å²) in [5.74, 6) is -0.719. The normalized spacial score (nSPS) is 10.9. The molecule has 0 bridgehead atoms. The van der Waals surface area contributed by atoms with Gasteiger partial charge < -0.3 is 10.6 Å². The molecular formula is C23H26FN5O2S. The molecule has 2 amide bonds. The van der Waals surface area contributed by atoms with Crippen molar-refractivity contribution < 1.29 is 14.0 Å². The number of nitrogens with zero attached hydrogens (tertiary/aromatic N) is 3. The van der Waals surface area contributed by atoms with Crippen LogP contribution in [0.4, 0.5) is 4.39 Å². The third-order valence-corrected chi connectivity index (χ3v) is 5.72. The van der Waals surface area contributed by atoms with Crippen LogP contribution in [0.2, 0.25) is 0 Å². The standard InChI is InChI=1S/C23H26FN5O2S/c1-3-29(14-20(30)25-12-18-8-10-19(24)11-9-18)15-21-27-28-23(32-21)22(31)26-13-17-6-4-16(2)5-7-17/h4-11H,3,12-15H2,1-2H3,(H,25,30)(H,26,31). The van der Waals surface area contributed by atoms with Crippen LogP contribution in [0.1, 0.15) is 38.4 Å². The van der Waals surface area contributed by atoms with E-state index < -0.39 is 0 Å². The monoisotopic (exact) mass is 455 g/mol. The van der Waals surface area contributed by atoms with Crippen LogP contribution in [0.25, 0.3) is 0 Å². The molecule has 0 spiro atoms. The Morgan fingerprint density at radius 2 is 1.59 bits per heavy atom. The fourth-order valence-corrected chi connectivity index (χ4v) is 3.70. The van der Waals surface area contributed by atoms with Gasteiger partial charge in [-0.2, -0.15) is 0 Å². The van der Waals surface area contributed by atoms with E-state index in [-0.39, 0.29) is 24.2 Å². The van der Waals surface area contributed by atoms with Crippen LogP contribution >= 0.6 is 11.3 Å². The van der Waals surface area contributed by atoms with E-state index in [4.69, 9.17) is 0 Å². The lowest BCUT2D eigenvalue weighted by atomic mass is 10.1. The molecule has 1 aromatic heterocycles. The summed E-state index contributed by atoms with van der Waals surface area (Å²) in [6.45, 7) is 5.96. The van der Waals surface area contributed by atoms with E-state index in [0.717, 1.165) is 11.1 Å². The Morgan fingerprint density at radius 1 is 0.969 bits per heavy atom. The molecule has 168 valence electrons. The minimum Gasteiger partial charge on any atom is -0.351 e. The highest BCUT2D eigenvalue weighted by molar-refractivity contribution is 7.13. The van der Waals surface area contributed by atoms with Gasteiger partial charge in [0, 0.05) is 13.1 Å². The van der Waals surface area contributed by atoms with Crippen molar-refractivity contribution in [3.63, 3.8) is 0 Å². The quantitative estimate of drug-likeness (QED) is 0.491. The van der Waals surface area contributed by atoms with Gasteiger partial charge in [0.25, 0.3) is 5.91 Å². The van der Waals surface area contributed by atoms with Crippen molar-refractivity contribution in [1.29, 1.82) is 0 Å². The van der Waals surface area contributed by atoms with Crippen LogP contribution < -0.4 is 10.6 Å². The Bertz CT molecular complexity index is 1040. The smallest absolute Gasteiger partial charge is 0.282 e. The van der Waals surface area contributed by atoms with Gasteiger partial charge in [-0.25, -0.2) is 4.39 Å². The molecule has 0 radical (unpaired) electrons. The Morgan fingerprint density at radius 3 is 2.25 bits per heavy atom. The summed E-state index contributed by atoms with van der Waals surface area (Å²) in [6.07, 6.45) is 0. The van der Waals surface area contributed by atoms with Crippen molar-refractivity contribution >= 4 is 23.2 Å². The van der Waals surface area contributed by atoms with Crippen molar-refractivity contribution in [1.82, 2.24) is 25.7 Å². The number of hydrogen-bond acceptors (Lipinski definition) is 6. The van der Waals surface area contributed by atoms with Crippen LogP contribution in [-0.4, -0.2) is 40.0 Å². The zero-order valence-corrected chi connectivity index (χ0v) is 18.9. The third kappa shape index (κ3) is 7.21. The van der Waals surface area contributed by atoms with Gasteiger partial charge in [0.05, 0.1) is 13.1 Å². The fraction of sp³-hybridized carbons (Fsp3) is 0.304. The number of amides is 2. The highest BCUT2D eigenvalue weighted by atomic mass is 32.1. The summed E-state index contributed by atoms with van der Waals surface area (Å²) < 4.78 is 13.0. The zero-order chi connectivity index (χ0) is 22.9. The second-order valence-electron chi connectivity index (χ2n) is 7.38. The average molecular weight is 456 g/mol. The van der Waals surface area contributed by atoms with Gasteiger partial charge in [-0.3, -0.25) is 14.5 Å². The van der Waals surface area contributed by atoms with E-state index in [1.54, 1.807) is 12.1 Å². The zero-order valence-electron chi connectivity index (χ0n) is 18.1. The number of nitrogens with one attached hydrogen (secondary N) is 2. The molecule has 0 atom stereocenters. The third-order valence-electron chi connectivity index (χ3n) is 4.81. The molecule has 0 aliphatic rings. The molecule has 0 aliphatic heterocycles. The number of aryl methyl sites for hydroxylation is 1. The Hall–Kier alpha value is -3.17. The maximum atomic E-state index is 13.0. The Kier molecular flexibility index (Phi) is 8.41. The summed E-state index contributed by atoms with van der Waals surface area (Å²) in [7, 11) is 0. The van der Waals surface area contributed by atoms with Crippen molar-refractivity contribution in [3.05, 3.63) is 81.1 Å². The van der Waals surface area contributed by atoms with E-state index in [1.807, 2.05) is 43.0 Å². The minimum atomic E-state index is -0.308. The van der Waals surface area contributed by atoms with Crippen molar-refractivity contribution in [3.8, 4) is 0 Å². The lowest BCUT2D eigenvalue weighted by Gasteiger charge is -2.18. The molecule has 0 saturated heterocycles. The molecule has 9 heteroatoms. The van der Waals surface area contributed by atoms with Gasteiger partial charge in [0.1, 0.15) is 10.8 Å². The maximum Gasteiger partial charge on any atom is 0.282 e. The predicted octanol–water partition coefficient (Wildman–Crippen LogP) is 3.05. The highest BCUT2D eigenvalue weighted by Gasteiger charge is 2.16. The van der Waals surface area contributed by atoms with Gasteiger partial charge in [-0.15, -0.1) is 10.2 Å². The molecule has 3 aromatic rings. The number of halogens is 1. The summed E-state index contributed by atoms with van der Waals surface area (Å²) in [5, 5.41) is 14.7. The van der Waals surface area contributed by atoms with Crippen LogP contribution in [0.15, 0.2) is 48.5 Å². The van der Waals surface area contributed by atoms with E-state index in [1.165, 1.54) is 29.0 Å². The van der Waals surface area contributed by atoms with Crippen molar-refractivity contribution in [2.75, 3.05) is 13.1 Å². The number of aromatic nitrogens is 2. The van der Waals surface area contributed by atoms with Gasteiger partial charge in [0.15, 0.2) is 0 Å². The topological polar surface area (TPSA) is 87.2 Å². The molecule has 0 fully saturated rings. The first-order valence-corrected chi connectivity index (χ1v) is 11.1. The second-order valence-corrected chi connectivity index (χ2v) is 8.44. The lowest BCUT2D eigenvalue weighted by molar-refractivity contribution is -0.122. The minimum absolute atomic E-state index is 0.142. The van der Waals surface area contributed by atoms with E-state index >= 15 is 0 Å². The number of likely N-dealkylation sites (N-methyl/N-ethyl adjacent to an activating group) is 1. The maximum absolute atomic E-state index is 13.0. The first kappa shape index (κ1) is 23.5. The molecule has 0 saturated carbocycles. The van der Waals surface area contributed by atoms with Crippen LogP contribution in [0.3, 0.4) is 0 Å². The van der Waals surface area contributed by atoms with Crippen molar-refractivity contribution in [2.24, 2.45) is 0 Å². The first-order valence-electron chi connectivity index (χ1n) is 10.3. The summed E-state index contributed by atoms with van der Waals surface area (Å²) in [6, 6.07) is 14.0. The van der Waals surface area contributed by atoms with E-state index in [2.05, 4.69) is 20.8 Å². The lowest BCUT2D eigenvalue weighted by Crippen LogP contribution is -2.36.